The molecule has 0 radical (unpaired) electrons. The number of carbonyl (C=O) groups excluding carboxylic acids is 1. The lowest BCUT2D eigenvalue weighted by Gasteiger charge is -2.07. The molecule has 0 atom stereocenters. The van der Waals surface area contributed by atoms with Crippen LogP contribution in [0.5, 0.6) is 5.75 Å². The first-order chi connectivity index (χ1) is 13.5. The molecule has 1 N–H and O–H groups in total. The lowest BCUT2D eigenvalue weighted by atomic mass is 10.1. The zero-order chi connectivity index (χ0) is 19.7. The first-order valence-electron chi connectivity index (χ1n) is 8.47. The van der Waals surface area contributed by atoms with Crippen LogP contribution in [0.3, 0.4) is 0 Å². The van der Waals surface area contributed by atoms with Gasteiger partial charge in [-0.25, -0.2) is 9.78 Å². The fourth-order valence-electron chi connectivity index (χ4n) is 2.72. The average molecular weight is 396 g/mol. The van der Waals surface area contributed by atoms with Gasteiger partial charge in [0.2, 0.25) is 0 Å². The predicted octanol–water partition coefficient (Wildman–Crippen LogP) is 4.14. The average Bonchev–Trinajstić information content (AvgIpc) is 3.28. The molecule has 142 valence electrons. The van der Waals surface area contributed by atoms with E-state index in [-0.39, 0.29) is 12.5 Å². The Balaban J connectivity index is 1.40. The van der Waals surface area contributed by atoms with E-state index in [2.05, 4.69) is 10.3 Å². The van der Waals surface area contributed by atoms with Crippen molar-refractivity contribution in [3.63, 3.8) is 0 Å². The Kier molecular flexibility index (Phi) is 4.70. The molecule has 3 heterocycles. The quantitative estimate of drug-likeness (QED) is 0.510. The van der Waals surface area contributed by atoms with Gasteiger partial charge in [0.25, 0.3) is 5.91 Å². The summed E-state index contributed by atoms with van der Waals surface area (Å²) in [5, 5.41) is 5.78. The molecule has 28 heavy (non-hydrogen) atoms. The number of amides is 1. The van der Waals surface area contributed by atoms with Gasteiger partial charge in [-0.2, -0.15) is 0 Å². The van der Waals surface area contributed by atoms with E-state index < -0.39 is 5.63 Å². The largest absolute Gasteiger partial charge is 0.484 e. The Labute approximate surface area is 163 Å². The normalized spacial score (nSPS) is 10.9. The van der Waals surface area contributed by atoms with Crippen molar-refractivity contribution < 1.29 is 18.4 Å². The summed E-state index contributed by atoms with van der Waals surface area (Å²) in [5.74, 6) is 1.53. The molecule has 8 heteroatoms. The number of hydrogen-bond acceptors (Lipinski definition) is 7. The van der Waals surface area contributed by atoms with Crippen LogP contribution in [0.4, 0.5) is 5.13 Å². The van der Waals surface area contributed by atoms with Crippen LogP contribution in [0.25, 0.3) is 22.4 Å². The van der Waals surface area contributed by atoms with Crippen LogP contribution in [-0.4, -0.2) is 17.5 Å². The maximum absolute atomic E-state index is 12.1. The second-order valence-corrected chi connectivity index (χ2v) is 7.05. The third-order valence-corrected chi connectivity index (χ3v) is 4.79. The van der Waals surface area contributed by atoms with Gasteiger partial charge in [-0.05, 0) is 43.7 Å². The van der Waals surface area contributed by atoms with Gasteiger partial charge >= 0.3 is 5.63 Å². The molecule has 1 aromatic carbocycles. The van der Waals surface area contributed by atoms with Gasteiger partial charge in [-0.3, -0.25) is 10.1 Å². The number of hydrogen-bond donors (Lipinski definition) is 1. The molecule has 0 unspecified atom stereocenters. The first-order valence-corrected chi connectivity index (χ1v) is 9.35. The number of anilines is 1. The van der Waals surface area contributed by atoms with E-state index in [4.69, 9.17) is 13.6 Å². The van der Waals surface area contributed by atoms with Crippen molar-refractivity contribution in [2.45, 2.75) is 13.8 Å². The SMILES string of the molecule is Cc1ccc(-c2csc(NC(=O)COc3ccc4c(C)cc(=O)oc4c3)n2)o1. The van der Waals surface area contributed by atoms with Crippen molar-refractivity contribution in [1.29, 1.82) is 0 Å². The number of nitrogens with zero attached hydrogens (tertiary/aromatic N) is 1. The first kappa shape index (κ1) is 18.0. The maximum Gasteiger partial charge on any atom is 0.336 e. The molecule has 1 amide bonds. The fourth-order valence-corrected chi connectivity index (χ4v) is 3.43. The topological polar surface area (TPSA) is 94.6 Å². The second kappa shape index (κ2) is 7.32. The van der Waals surface area contributed by atoms with Crippen molar-refractivity contribution in [2.75, 3.05) is 11.9 Å². The van der Waals surface area contributed by atoms with Gasteiger partial charge in [0.05, 0.1) is 0 Å². The van der Waals surface area contributed by atoms with Gasteiger partial charge in [0.15, 0.2) is 17.5 Å². The van der Waals surface area contributed by atoms with Crippen LogP contribution in [0.1, 0.15) is 11.3 Å². The van der Waals surface area contributed by atoms with Gasteiger partial charge < -0.3 is 13.6 Å². The lowest BCUT2D eigenvalue weighted by Crippen LogP contribution is -2.20. The number of thiazole rings is 1. The molecular formula is C20H16N2O5S. The molecule has 0 bridgehead atoms. The third kappa shape index (κ3) is 3.81. The zero-order valence-corrected chi connectivity index (χ0v) is 16.0. The molecule has 0 aliphatic heterocycles. The Bertz CT molecular complexity index is 1220. The fraction of sp³-hybridized carbons (Fsp3) is 0.150. The summed E-state index contributed by atoms with van der Waals surface area (Å²) in [7, 11) is 0. The minimum Gasteiger partial charge on any atom is -0.484 e. The van der Waals surface area contributed by atoms with Crippen molar-refractivity contribution in [2.24, 2.45) is 0 Å². The van der Waals surface area contributed by atoms with Crippen LogP contribution in [0, 0.1) is 13.8 Å². The van der Waals surface area contributed by atoms with Crippen molar-refractivity contribution in [1.82, 2.24) is 4.98 Å². The van der Waals surface area contributed by atoms with E-state index in [0.29, 0.717) is 27.9 Å². The van der Waals surface area contributed by atoms with Crippen LogP contribution in [0.2, 0.25) is 0 Å². The van der Waals surface area contributed by atoms with Crippen LogP contribution < -0.4 is 15.7 Å². The number of ether oxygens (including phenoxy) is 1. The highest BCUT2D eigenvalue weighted by Crippen LogP contribution is 2.26. The lowest BCUT2D eigenvalue weighted by molar-refractivity contribution is -0.118. The molecule has 0 saturated heterocycles. The number of aromatic nitrogens is 1. The summed E-state index contributed by atoms with van der Waals surface area (Å²) in [6, 6.07) is 10.2. The summed E-state index contributed by atoms with van der Waals surface area (Å²) < 4.78 is 16.2. The van der Waals surface area contributed by atoms with Gasteiger partial charge in [0.1, 0.15) is 22.8 Å². The molecule has 4 aromatic rings. The minimum atomic E-state index is -0.425. The van der Waals surface area contributed by atoms with Crippen molar-refractivity contribution in [3.8, 4) is 17.2 Å². The highest BCUT2D eigenvalue weighted by Gasteiger charge is 2.11. The molecule has 0 aliphatic rings. The second-order valence-electron chi connectivity index (χ2n) is 6.19. The number of carbonyl (C=O) groups is 1. The van der Waals surface area contributed by atoms with Crippen molar-refractivity contribution in [3.05, 3.63) is 63.5 Å². The van der Waals surface area contributed by atoms with Gasteiger partial charge in [-0.1, -0.05) is 0 Å². The van der Waals surface area contributed by atoms with E-state index in [9.17, 15) is 9.59 Å². The molecular weight excluding hydrogens is 380 g/mol. The Morgan fingerprint density at radius 2 is 2.04 bits per heavy atom. The Morgan fingerprint density at radius 3 is 2.82 bits per heavy atom. The molecule has 0 fully saturated rings. The maximum atomic E-state index is 12.1. The van der Waals surface area contributed by atoms with E-state index >= 15 is 0 Å². The van der Waals surface area contributed by atoms with Crippen LogP contribution in [0.15, 0.2) is 55.4 Å². The number of furan rings is 1. The summed E-state index contributed by atoms with van der Waals surface area (Å²) in [6.07, 6.45) is 0. The van der Waals surface area contributed by atoms with E-state index in [0.717, 1.165) is 16.7 Å². The van der Waals surface area contributed by atoms with E-state index in [1.807, 2.05) is 31.4 Å². The predicted molar refractivity (Wildman–Crippen MR) is 106 cm³/mol. The van der Waals surface area contributed by atoms with Gasteiger partial charge in [-0.15, -0.1) is 11.3 Å². The number of benzene rings is 1. The molecule has 7 nitrogen and oxygen atoms in total. The molecule has 0 aliphatic carbocycles. The molecule has 4 rings (SSSR count). The minimum absolute atomic E-state index is 0.198. The molecule has 3 aromatic heterocycles. The van der Waals surface area contributed by atoms with Crippen LogP contribution in [-0.2, 0) is 4.79 Å². The highest BCUT2D eigenvalue weighted by molar-refractivity contribution is 7.14. The summed E-state index contributed by atoms with van der Waals surface area (Å²) in [6.45, 7) is 3.49. The zero-order valence-electron chi connectivity index (χ0n) is 15.1. The Morgan fingerprint density at radius 1 is 1.18 bits per heavy atom. The Hall–Kier alpha value is -3.39. The summed E-state index contributed by atoms with van der Waals surface area (Å²) >= 11 is 1.30. The third-order valence-electron chi connectivity index (χ3n) is 4.04. The summed E-state index contributed by atoms with van der Waals surface area (Å²) in [4.78, 5) is 28.0. The number of nitrogens with one attached hydrogen (secondary N) is 1. The standard InChI is InChI=1S/C20H16N2O5S/c1-11-7-19(24)27-17-8-13(4-5-14(11)17)25-9-18(23)22-20-21-15(10-28-20)16-6-3-12(2)26-16/h3-8,10H,9H2,1-2H3,(H,21,22,23). The highest BCUT2D eigenvalue weighted by atomic mass is 32.1. The van der Waals surface area contributed by atoms with Crippen molar-refractivity contribution >= 4 is 33.3 Å². The smallest absolute Gasteiger partial charge is 0.336 e. The van der Waals surface area contributed by atoms with Gasteiger partial charge in [0, 0.05) is 22.9 Å². The van der Waals surface area contributed by atoms with Crippen LogP contribution >= 0.6 is 11.3 Å². The molecule has 0 spiro atoms. The number of rotatable bonds is 5. The molecule has 0 saturated carbocycles. The van der Waals surface area contributed by atoms with E-state index in [1.165, 1.54) is 17.4 Å². The summed E-state index contributed by atoms with van der Waals surface area (Å²) in [5.41, 5.74) is 1.48. The van der Waals surface area contributed by atoms with E-state index in [1.54, 1.807) is 18.2 Å². The number of aryl methyl sites for hydroxylation is 2. The number of fused-ring (bicyclic) bond motifs is 1. The monoisotopic (exact) mass is 396 g/mol.